The third-order valence-electron chi connectivity index (χ3n) is 3.44. The second kappa shape index (κ2) is 10.5. The summed E-state index contributed by atoms with van der Waals surface area (Å²) in [5.41, 5.74) is 0. The van der Waals surface area contributed by atoms with Crippen LogP contribution in [0, 0.1) is 0 Å². The van der Waals surface area contributed by atoms with Crippen molar-refractivity contribution in [1.82, 2.24) is 14.0 Å². The molecule has 0 aliphatic heterocycles. The van der Waals surface area contributed by atoms with E-state index in [1.807, 2.05) is 0 Å². The van der Waals surface area contributed by atoms with E-state index in [1.165, 1.54) is 36.5 Å². The number of hydrogen-bond acceptors (Lipinski definition) is 3. The summed E-state index contributed by atoms with van der Waals surface area (Å²) < 4.78 is 36.5. The number of nitrogens with zero attached hydrogens (tertiary/aromatic N) is 3. The van der Waals surface area contributed by atoms with Gasteiger partial charge >= 0.3 is 145 Å². The van der Waals surface area contributed by atoms with Gasteiger partial charge in [0, 0.05) is 0 Å². The molecule has 0 radical (unpaired) electrons. The van der Waals surface area contributed by atoms with Crippen LogP contribution in [0.5, 0.6) is 0 Å². The average molecular weight is 357 g/mol. The Bertz CT molecular complexity index is 380. The third kappa shape index (κ3) is 4.81. The molecule has 6 heteroatoms. The van der Waals surface area contributed by atoms with Gasteiger partial charge in [0.25, 0.3) is 0 Å². The molecule has 0 rings (SSSR count). The van der Waals surface area contributed by atoms with Crippen molar-refractivity contribution in [3.05, 3.63) is 75.9 Å². The molecule has 0 heterocycles. The standard InChI is InChI=1S/C18H30F2N3P/c1-7-13-21(14-8-2)24(19,20,22(15-9-3)16-10-4)23(17-11-5)18-12-6/h7-12H,1-6,13-18H2. The number of rotatable bonds is 15. The first-order valence-electron chi connectivity index (χ1n) is 7.73. The summed E-state index contributed by atoms with van der Waals surface area (Å²) in [5.74, 6) is 0. The number of hydrogen-bond donors (Lipinski definition) is 0. The second-order valence-electron chi connectivity index (χ2n) is 5.13. The van der Waals surface area contributed by atoms with E-state index in [2.05, 4.69) is 39.5 Å². The van der Waals surface area contributed by atoms with E-state index < -0.39 is 7.68 Å². The van der Waals surface area contributed by atoms with Crippen LogP contribution in [0.1, 0.15) is 0 Å². The van der Waals surface area contributed by atoms with Crippen LogP contribution in [0.25, 0.3) is 0 Å². The topological polar surface area (TPSA) is 9.72 Å². The average Bonchev–Trinajstić information content (AvgIpc) is 2.54. The van der Waals surface area contributed by atoms with Crippen LogP contribution in [0.4, 0.5) is 8.39 Å². The monoisotopic (exact) mass is 357 g/mol. The van der Waals surface area contributed by atoms with Crippen LogP contribution in [-0.2, 0) is 0 Å². The molecule has 0 bridgehead atoms. The van der Waals surface area contributed by atoms with E-state index in [-0.39, 0.29) is 39.3 Å². The molecule has 0 N–H and O–H groups in total. The Balaban J connectivity index is 6.42. The van der Waals surface area contributed by atoms with Crippen LogP contribution < -0.4 is 0 Å². The first-order valence-corrected chi connectivity index (χ1v) is 9.61. The summed E-state index contributed by atoms with van der Waals surface area (Å²) in [7, 11) is -5.69. The summed E-state index contributed by atoms with van der Waals surface area (Å²) >= 11 is 0. The molecule has 24 heavy (non-hydrogen) atoms. The molecular formula is C18H30F2N3P. The van der Waals surface area contributed by atoms with Gasteiger partial charge in [0.1, 0.15) is 0 Å². The molecule has 0 saturated heterocycles. The fourth-order valence-electron chi connectivity index (χ4n) is 2.46. The molecule has 0 aliphatic rings. The fraction of sp³-hybridized carbons (Fsp3) is 0.333. The van der Waals surface area contributed by atoms with Gasteiger partial charge in [-0.05, 0) is 0 Å². The Labute approximate surface area is 145 Å². The summed E-state index contributed by atoms with van der Waals surface area (Å²) in [6.45, 7) is 21.9. The van der Waals surface area contributed by atoms with E-state index in [1.54, 1.807) is 0 Å². The molecule has 0 aromatic carbocycles. The Morgan fingerprint density at radius 2 is 0.667 bits per heavy atom. The molecule has 136 valence electrons. The molecule has 0 fully saturated rings. The van der Waals surface area contributed by atoms with Crippen molar-refractivity contribution in [1.29, 1.82) is 0 Å². The van der Waals surface area contributed by atoms with E-state index in [0.29, 0.717) is 0 Å². The minimum atomic E-state index is -5.69. The molecule has 0 atom stereocenters. The van der Waals surface area contributed by atoms with Crippen molar-refractivity contribution in [3.8, 4) is 0 Å². The maximum absolute atomic E-state index is 16.5. The predicted molar refractivity (Wildman–Crippen MR) is 105 cm³/mol. The zero-order valence-electron chi connectivity index (χ0n) is 14.5. The summed E-state index contributed by atoms with van der Waals surface area (Å²) in [5, 5.41) is 0. The van der Waals surface area contributed by atoms with Crippen LogP contribution in [0.2, 0.25) is 0 Å². The van der Waals surface area contributed by atoms with Crippen LogP contribution >= 0.6 is 7.68 Å². The molecule has 0 aliphatic carbocycles. The van der Waals surface area contributed by atoms with Crippen molar-refractivity contribution in [2.75, 3.05) is 39.3 Å². The van der Waals surface area contributed by atoms with E-state index in [0.717, 1.165) is 14.0 Å². The number of halogens is 2. The van der Waals surface area contributed by atoms with Crippen molar-refractivity contribution < 1.29 is 8.39 Å². The molecular weight excluding hydrogens is 327 g/mol. The zero-order chi connectivity index (χ0) is 18.7. The summed E-state index contributed by atoms with van der Waals surface area (Å²) in [6.07, 6.45) is 8.86. The van der Waals surface area contributed by atoms with Crippen molar-refractivity contribution in [3.63, 3.8) is 0 Å². The van der Waals surface area contributed by atoms with Gasteiger partial charge in [-0.15, -0.1) is 0 Å². The fourth-order valence-corrected chi connectivity index (χ4v) is 5.85. The van der Waals surface area contributed by atoms with Crippen LogP contribution in [-0.4, -0.2) is 53.3 Å². The zero-order valence-corrected chi connectivity index (χ0v) is 15.4. The van der Waals surface area contributed by atoms with Gasteiger partial charge in [-0.2, -0.15) is 0 Å². The van der Waals surface area contributed by atoms with Gasteiger partial charge < -0.3 is 0 Å². The molecule has 0 spiro atoms. The Hall–Kier alpha value is -1.39. The summed E-state index contributed by atoms with van der Waals surface area (Å²) in [4.78, 5) is 0. The Morgan fingerprint density at radius 1 is 0.500 bits per heavy atom. The van der Waals surface area contributed by atoms with Gasteiger partial charge in [-0.3, -0.25) is 0 Å². The molecule has 0 aromatic rings. The molecule has 0 amide bonds. The van der Waals surface area contributed by atoms with Crippen molar-refractivity contribution in [2.24, 2.45) is 0 Å². The minimum absolute atomic E-state index is 0.0341. The van der Waals surface area contributed by atoms with E-state index >= 15 is 8.39 Å². The van der Waals surface area contributed by atoms with Gasteiger partial charge in [0.05, 0.1) is 0 Å². The summed E-state index contributed by atoms with van der Waals surface area (Å²) in [6, 6.07) is 0. The van der Waals surface area contributed by atoms with Gasteiger partial charge in [0.2, 0.25) is 0 Å². The predicted octanol–water partition coefficient (Wildman–Crippen LogP) is 5.08. The molecule has 3 nitrogen and oxygen atoms in total. The first kappa shape index (κ1) is 22.6. The Kier molecular flexibility index (Phi) is 9.86. The van der Waals surface area contributed by atoms with E-state index in [4.69, 9.17) is 0 Å². The first-order chi connectivity index (χ1) is 11.4. The Morgan fingerprint density at radius 3 is 0.792 bits per heavy atom. The molecule has 0 aromatic heterocycles. The normalized spacial score (nSPS) is 13.3. The van der Waals surface area contributed by atoms with E-state index in [9.17, 15) is 0 Å². The molecule has 0 unspecified atom stereocenters. The van der Waals surface area contributed by atoms with Crippen LogP contribution in [0.3, 0.4) is 0 Å². The molecule has 0 saturated carbocycles. The quantitative estimate of drug-likeness (QED) is 0.299. The van der Waals surface area contributed by atoms with Gasteiger partial charge in [-0.1, -0.05) is 0 Å². The maximum atomic E-state index is 16.5. The SMILES string of the molecule is C=CCN(CC=C)P(F)(F)(N(CC=C)CC=C)N(CC=C)CC=C. The van der Waals surface area contributed by atoms with Crippen LogP contribution in [0.15, 0.2) is 75.9 Å². The van der Waals surface area contributed by atoms with Crippen molar-refractivity contribution in [2.45, 2.75) is 0 Å². The van der Waals surface area contributed by atoms with Gasteiger partial charge in [0.15, 0.2) is 0 Å². The van der Waals surface area contributed by atoms with Gasteiger partial charge in [-0.25, -0.2) is 0 Å². The second-order valence-corrected chi connectivity index (χ2v) is 8.40. The van der Waals surface area contributed by atoms with Crippen molar-refractivity contribution >= 4 is 7.68 Å². The third-order valence-corrected chi connectivity index (χ3v) is 7.22.